The molecule has 0 radical (unpaired) electrons. The third-order valence-electron chi connectivity index (χ3n) is 2.77. The van der Waals surface area contributed by atoms with E-state index in [-0.39, 0.29) is 0 Å². The number of aromatic nitrogens is 3. The molecule has 5 nitrogen and oxygen atoms in total. The summed E-state index contributed by atoms with van der Waals surface area (Å²) in [6.45, 7) is 8.17. The normalized spacial score (nSPS) is 12.2. The topological polar surface area (TPSA) is 66.0 Å². The molecule has 0 aliphatic rings. The first-order chi connectivity index (χ1) is 8.87. The number of hydrogen-bond acceptors (Lipinski definition) is 4. The van der Waals surface area contributed by atoms with Crippen LogP contribution in [-0.4, -0.2) is 29.2 Å². The van der Waals surface area contributed by atoms with Gasteiger partial charge in [0.05, 0.1) is 11.2 Å². The molecule has 0 aromatic carbocycles. The Morgan fingerprint density at radius 2 is 2.16 bits per heavy atom. The van der Waals surface area contributed by atoms with Gasteiger partial charge >= 0.3 is 0 Å². The Morgan fingerprint density at radius 1 is 1.42 bits per heavy atom. The predicted octanol–water partition coefficient (Wildman–Crippen LogP) is 2.98. The summed E-state index contributed by atoms with van der Waals surface area (Å²) in [7, 11) is -1.06. The quantitative estimate of drug-likeness (QED) is 0.681. The summed E-state index contributed by atoms with van der Waals surface area (Å²) in [6.07, 6.45) is 3.30. The highest BCUT2D eigenvalue weighted by Crippen LogP contribution is 2.23. The van der Waals surface area contributed by atoms with E-state index in [1.807, 2.05) is 4.57 Å². The third kappa shape index (κ3) is 3.68. The Hall–Kier alpha value is -1.11. The van der Waals surface area contributed by atoms with Gasteiger partial charge in [0.15, 0.2) is 5.65 Å². The second-order valence-corrected chi connectivity index (χ2v) is 11.8. The summed E-state index contributed by atoms with van der Waals surface area (Å²) in [6, 6.07) is 1.14. The van der Waals surface area contributed by atoms with Crippen LogP contribution in [0.15, 0.2) is 12.4 Å². The minimum absolute atomic E-state index is 0.367. The van der Waals surface area contributed by atoms with E-state index >= 15 is 0 Å². The average Bonchev–Trinajstić information content (AvgIpc) is 2.60. The van der Waals surface area contributed by atoms with E-state index in [9.17, 15) is 0 Å². The van der Waals surface area contributed by atoms with Crippen LogP contribution in [0.1, 0.15) is 0 Å². The summed E-state index contributed by atoms with van der Waals surface area (Å²) in [5, 5.41) is 0.545. The van der Waals surface area contributed by atoms with Gasteiger partial charge in [0.2, 0.25) is 0 Å². The first kappa shape index (κ1) is 14.3. The van der Waals surface area contributed by atoms with Crippen LogP contribution in [0.5, 0.6) is 0 Å². The SMILES string of the molecule is C[Si](C)(C)CCOCn1cc(Cl)c2nc(N)cnc21. The molecule has 19 heavy (non-hydrogen) atoms. The maximum atomic E-state index is 6.11. The Kier molecular flexibility index (Phi) is 4.12. The number of ether oxygens (including phenoxy) is 1. The van der Waals surface area contributed by atoms with E-state index in [0.29, 0.717) is 28.7 Å². The molecule has 0 saturated carbocycles. The molecule has 2 aromatic heterocycles. The lowest BCUT2D eigenvalue weighted by molar-refractivity contribution is 0.0899. The second kappa shape index (κ2) is 5.48. The monoisotopic (exact) mass is 298 g/mol. The van der Waals surface area contributed by atoms with Gasteiger partial charge < -0.3 is 15.0 Å². The number of nitrogen functional groups attached to an aromatic ring is 1. The zero-order valence-electron chi connectivity index (χ0n) is 11.5. The Morgan fingerprint density at radius 3 is 2.84 bits per heavy atom. The Bertz CT molecular complexity index is 579. The van der Waals surface area contributed by atoms with Crippen molar-refractivity contribution in [3.05, 3.63) is 17.4 Å². The van der Waals surface area contributed by atoms with Crippen LogP contribution in [0.25, 0.3) is 11.2 Å². The van der Waals surface area contributed by atoms with Gasteiger partial charge in [0.1, 0.15) is 18.1 Å². The van der Waals surface area contributed by atoms with Crippen LogP contribution >= 0.6 is 11.6 Å². The second-order valence-electron chi connectivity index (χ2n) is 5.76. The van der Waals surface area contributed by atoms with Crippen LogP contribution in [0.2, 0.25) is 30.7 Å². The largest absolute Gasteiger partial charge is 0.382 e. The highest BCUT2D eigenvalue weighted by atomic mass is 35.5. The molecule has 0 bridgehead atoms. The number of nitrogens with two attached hydrogens (primary N) is 1. The van der Waals surface area contributed by atoms with Gasteiger partial charge in [-0.05, 0) is 6.04 Å². The molecule has 0 spiro atoms. The van der Waals surface area contributed by atoms with E-state index in [0.717, 1.165) is 12.7 Å². The third-order valence-corrected chi connectivity index (χ3v) is 4.75. The van der Waals surface area contributed by atoms with Gasteiger partial charge in [-0.1, -0.05) is 31.2 Å². The molecule has 0 aliphatic carbocycles. The highest BCUT2D eigenvalue weighted by molar-refractivity contribution is 6.76. The Labute approximate surface area is 118 Å². The summed E-state index contributed by atoms with van der Waals surface area (Å²) in [4.78, 5) is 8.43. The van der Waals surface area contributed by atoms with Gasteiger partial charge in [-0.15, -0.1) is 0 Å². The van der Waals surface area contributed by atoms with Gasteiger partial charge in [-0.3, -0.25) is 0 Å². The van der Waals surface area contributed by atoms with Crippen molar-refractivity contribution in [2.75, 3.05) is 12.3 Å². The first-order valence-corrected chi connectivity index (χ1v) is 10.3. The van der Waals surface area contributed by atoms with Gasteiger partial charge in [0, 0.05) is 20.9 Å². The van der Waals surface area contributed by atoms with Crippen LogP contribution in [-0.2, 0) is 11.5 Å². The van der Waals surface area contributed by atoms with Gasteiger partial charge in [-0.25, -0.2) is 9.97 Å². The molecule has 7 heteroatoms. The van der Waals surface area contributed by atoms with E-state index in [2.05, 4.69) is 29.6 Å². The fraction of sp³-hybridized carbons (Fsp3) is 0.500. The van der Waals surface area contributed by atoms with Crippen molar-refractivity contribution in [2.45, 2.75) is 32.4 Å². The zero-order valence-corrected chi connectivity index (χ0v) is 13.2. The smallest absolute Gasteiger partial charge is 0.162 e. The van der Waals surface area contributed by atoms with Crippen molar-refractivity contribution in [3.63, 3.8) is 0 Å². The van der Waals surface area contributed by atoms with Crippen molar-refractivity contribution in [2.24, 2.45) is 0 Å². The van der Waals surface area contributed by atoms with Crippen molar-refractivity contribution < 1.29 is 4.74 Å². The Balaban J connectivity index is 2.05. The standard InChI is InChI=1S/C12H19ClN4OSi/c1-19(2,3)5-4-18-8-17-7-9(13)11-12(17)15-6-10(14)16-11/h6-7H,4-5,8H2,1-3H3,(H2,14,16). The number of fused-ring (bicyclic) bond motifs is 1. The lowest BCUT2D eigenvalue weighted by Crippen LogP contribution is -2.22. The molecule has 0 aliphatic heterocycles. The highest BCUT2D eigenvalue weighted by Gasteiger charge is 2.13. The molecular formula is C12H19ClN4OSi. The molecule has 104 valence electrons. The zero-order chi connectivity index (χ0) is 14.0. The summed E-state index contributed by atoms with van der Waals surface area (Å²) < 4.78 is 7.54. The summed E-state index contributed by atoms with van der Waals surface area (Å²) in [5.74, 6) is 0.367. The van der Waals surface area contributed by atoms with Gasteiger partial charge in [0.25, 0.3) is 0 Å². The van der Waals surface area contributed by atoms with Crippen LogP contribution in [0.3, 0.4) is 0 Å². The summed E-state index contributed by atoms with van der Waals surface area (Å²) in [5.41, 5.74) is 6.93. The number of halogens is 1. The lowest BCUT2D eigenvalue weighted by Gasteiger charge is -2.15. The van der Waals surface area contributed by atoms with Crippen molar-refractivity contribution in [1.29, 1.82) is 0 Å². The fourth-order valence-electron chi connectivity index (χ4n) is 1.67. The number of anilines is 1. The van der Waals surface area contributed by atoms with E-state index in [4.69, 9.17) is 22.1 Å². The van der Waals surface area contributed by atoms with Crippen molar-refractivity contribution >= 4 is 36.7 Å². The number of hydrogen-bond donors (Lipinski definition) is 1. The van der Waals surface area contributed by atoms with Crippen molar-refractivity contribution in [3.8, 4) is 0 Å². The molecular weight excluding hydrogens is 280 g/mol. The molecule has 0 amide bonds. The average molecular weight is 299 g/mol. The lowest BCUT2D eigenvalue weighted by atomic mass is 10.5. The molecule has 0 fully saturated rings. The fourth-order valence-corrected chi connectivity index (χ4v) is 2.67. The van der Waals surface area contributed by atoms with E-state index in [1.54, 1.807) is 6.20 Å². The molecule has 2 heterocycles. The summed E-state index contributed by atoms with van der Waals surface area (Å²) >= 11 is 6.11. The first-order valence-electron chi connectivity index (χ1n) is 6.21. The minimum Gasteiger partial charge on any atom is -0.382 e. The van der Waals surface area contributed by atoms with E-state index < -0.39 is 8.07 Å². The van der Waals surface area contributed by atoms with Crippen molar-refractivity contribution in [1.82, 2.24) is 14.5 Å². The molecule has 2 aromatic rings. The van der Waals surface area contributed by atoms with Crippen LogP contribution in [0, 0.1) is 0 Å². The maximum absolute atomic E-state index is 6.11. The van der Waals surface area contributed by atoms with Crippen LogP contribution < -0.4 is 5.73 Å². The molecule has 0 saturated heterocycles. The van der Waals surface area contributed by atoms with Gasteiger partial charge in [-0.2, -0.15) is 0 Å². The minimum atomic E-state index is -1.06. The molecule has 2 rings (SSSR count). The van der Waals surface area contributed by atoms with Crippen LogP contribution in [0.4, 0.5) is 5.82 Å². The van der Waals surface area contributed by atoms with E-state index in [1.165, 1.54) is 6.20 Å². The predicted molar refractivity (Wildman–Crippen MR) is 81.1 cm³/mol. The maximum Gasteiger partial charge on any atom is 0.162 e. The number of nitrogens with zero attached hydrogens (tertiary/aromatic N) is 3. The number of rotatable bonds is 5. The molecule has 0 atom stereocenters. The molecule has 2 N–H and O–H groups in total. The molecule has 0 unspecified atom stereocenters.